The van der Waals surface area contributed by atoms with Crippen LogP contribution in [0.5, 0.6) is 0 Å². The van der Waals surface area contributed by atoms with Gasteiger partial charge in [-0.05, 0) is 57.8 Å². The smallest absolute Gasteiger partial charge is 0.133 e. The van der Waals surface area contributed by atoms with E-state index in [-0.39, 0.29) is 0 Å². The number of hydrogen-bond acceptors (Lipinski definition) is 3. The average molecular weight is 324 g/mol. The molecule has 128 valence electrons. The van der Waals surface area contributed by atoms with Crippen LogP contribution in [0.15, 0.2) is 18.2 Å². The fraction of sp³-hybridized carbons (Fsp3) is 0.550. The first-order chi connectivity index (χ1) is 11.7. The Balaban J connectivity index is 1.60. The van der Waals surface area contributed by atoms with Crippen LogP contribution in [0, 0.1) is 13.8 Å². The monoisotopic (exact) mass is 324 g/mol. The van der Waals surface area contributed by atoms with Crippen molar-refractivity contribution in [3.8, 4) is 5.69 Å². The first-order valence-corrected chi connectivity index (χ1v) is 9.37. The van der Waals surface area contributed by atoms with Crippen LogP contribution in [-0.2, 0) is 12.8 Å². The summed E-state index contributed by atoms with van der Waals surface area (Å²) >= 11 is 0. The van der Waals surface area contributed by atoms with Gasteiger partial charge in [-0.15, -0.1) is 0 Å². The first-order valence-electron chi connectivity index (χ1n) is 9.37. The zero-order valence-electron chi connectivity index (χ0n) is 14.9. The quantitative estimate of drug-likeness (QED) is 0.934. The minimum Gasteiger partial charge on any atom is -0.369 e. The molecule has 0 bridgehead atoms. The van der Waals surface area contributed by atoms with Crippen molar-refractivity contribution in [2.24, 2.45) is 0 Å². The predicted octanol–water partition coefficient (Wildman–Crippen LogP) is 3.49. The molecule has 0 unspecified atom stereocenters. The first kappa shape index (κ1) is 15.7. The summed E-state index contributed by atoms with van der Waals surface area (Å²) in [5.74, 6) is 1.22. The van der Waals surface area contributed by atoms with Crippen molar-refractivity contribution in [1.29, 1.82) is 0 Å². The number of aromatic nitrogens is 2. The van der Waals surface area contributed by atoms with E-state index in [1.165, 1.54) is 66.2 Å². The van der Waals surface area contributed by atoms with Gasteiger partial charge >= 0.3 is 0 Å². The number of likely N-dealkylation sites (tertiary alicyclic amines) is 1. The van der Waals surface area contributed by atoms with Gasteiger partial charge in [-0.1, -0.05) is 24.1 Å². The van der Waals surface area contributed by atoms with Crippen molar-refractivity contribution in [3.05, 3.63) is 40.6 Å². The number of piperidine rings is 1. The zero-order valence-corrected chi connectivity index (χ0v) is 14.9. The van der Waals surface area contributed by atoms with E-state index >= 15 is 0 Å². The van der Waals surface area contributed by atoms with E-state index in [0.717, 1.165) is 25.9 Å². The predicted molar refractivity (Wildman–Crippen MR) is 99.2 cm³/mol. The summed E-state index contributed by atoms with van der Waals surface area (Å²) in [4.78, 5) is 2.61. The molecule has 1 fully saturated rings. The molecule has 1 saturated heterocycles. The number of hydrogen-bond donors (Lipinski definition) is 1. The van der Waals surface area contributed by atoms with E-state index in [9.17, 15) is 0 Å². The van der Waals surface area contributed by atoms with Crippen LogP contribution in [0.2, 0.25) is 0 Å². The van der Waals surface area contributed by atoms with Gasteiger partial charge in [0.2, 0.25) is 0 Å². The SMILES string of the molecule is Cc1ccc(-n2nc(CCN3CCCCC3)c3c2NCC3)c(C)c1. The standard InChI is InChI=1S/C20H28N4/c1-15-6-7-19(16(2)14-15)24-20-17(8-10-21-20)18(22-24)9-13-23-11-4-3-5-12-23/h6-7,14,21H,3-5,8-13H2,1-2H3. The molecule has 3 heterocycles. The molecule has 0 amide bonds. The van der Waals surface area contributed by atoms with Gasteiger partial charge in [0.1, 0.15) is 5.82 Å². The van der Waals surface area contributed by atoms with Crippen LogP contribution in [-0.4, -0.2) is 40.9 Å². The van der Waals surface area contributed by atoms with Gasteiger partial charge < -0.3 is 10.2 Å². The minimum absolute atomic E-state index is 1.04. The number of rotatable bonds is 4. The second kappa shape index (κ2) is 6.60. The lowest BCUT2D eigenvalue weighted by molar-refractivity contribution is 0.230. The largest absolute Gasteiger partial charge is 0.369 e. The van der Waals surface area contributed by atoms with E-state index in [1.807, 2.05) is 0 Å². The highest BCUT2D eigenvalue weighted by atomic mass is 15.3. The van der Waals surface area contributed by atoms with E-state index in [0.29, 0.717) is 0 Å². The molecule has 4 rings (SSSR count). The molecule has 1 N–H and O–H groups in total. The highest BCUT2D eigenvalue weighted by molar-refractivity contribution is 5.58. The van der Waals surface area contributed by atoms with Gasteiger partial charge in [0, 0.05) is 25.1 Å². The molecule has 2 aliphatic rings. The summed E-state index contributed by atoms with van der Waals surface area (Å²) < 4.78 is 2.14. The number of fused-ring (bicyclic) bond motifs is 1. The van der Waals surface area contributed by atoms with Crippen LogP contribution < -0.4 is 5.32 Å². The van der Waals surface area contributed by atoms with Gasteiger partial charge in [0.15, 0.2) is 0 Å². The Kier molecular flexibility index (Phi) is 4.31. The molecule has 0 saturated carbocycles. The van der Waals surface area contributed by atoms with Crippen LogP contribution in [0.25, 0.3) is 5.69 Å². The molecule has 0 spiro atoms. The van der Waals surface area contributed by atoms with Gasteiger partial charge in [-0.2, -0.15) is 5.10 Å². The van der Waals surface area contributed by atoms with Crippen molar-refractivity contribution in [3.63, 3.8) is 0 Å². The van der Waals surface area contributed by atoms with Crippen molar-refractivity contribution >= 4 is 5.82 Å². The molecule has 1 aromatic heterocycles. The summed E-state index contributed by atoms with van der Waals surface area (Å²) in [5, 5.41) is 8.56. The molecule has 0 radical (unpaired) electrons. The van der Waals surface area contributed by atoms with Crippen LogP contribution in [0.4, 0.5) is 5.82 Å². The number of anilines is 1. The molecule has 2 aliphatic heterocycles. The summed E-state index contributed by atoms with van der Waals surface area (Å²) in [6, 6.07) is 6.62. The van der Waals surface area contributed by atoms with Crippen molar-refractivity contribution in [2.75, 3.05) is 31.5 Å². The lowest BCUT2D eigenvalue weighted by Crippen LogP contribution is -2.31. The number of benzene rings is 1. The van der Waals surface area contributed by atoms with E-state index in [2.05, 4.69) is 46.9 Å². The molecule has 24 heavy (non-hydrogen) atoms. The number of nitrogens with one attached hydrogen (secondary N) is 1. The molecule has 0 aliphatic carbocycles. The van der Waals surface area contributed by atoms with Gasteiger partial charge in [0.05, 0.1) is 11.4 Å². The normalized spacial score (nSPS) is 17.8. The van der Waals surface area contributed by atoms with E-state index in [4.69, 9.17) is 5.10 Å². The summed E-state index contributed by atoms with van der Waals surface area (Å²) in [7, 11) is 0. The second-order valence-electron chi connectivity index (χ2n) is 7.30. The third-order valence-electron chi connectivity index (χ3n) is 5.43. The van der Waals surface area contributed by atoms with Crippen LogP contribution in [0.3, 0.4) is 0 Å². The Morgan fingerprint density at radius 2 is 1.96 bits per heavy atom. The number of aryl methyl sites for hydroxylation is 2. The molecule has 4 heteroatoms. The second-order valence-corrected chi connectivity index (χ2v) is 7.30. The highest BCUT2D eigenvalue weighted by Gasteiger charge is 2.24. The summed E-state index contributed by atoms with van der Waals surface area (Å²) in [5.41, 5.74) is 6.53. The maximum atomic E-state index is 5.00. The van der Waals surface area contributed by atoms with Crippen molar-refractivity contribution in [2.45, 2.75) is 46.0 Å². The minimum atomic E-state index is 1.04. The third-order valence-corrected chi connectivity index (χ3v) is 5.43. The molecule has 2 aromatic rings. The fourth-order valence-electron chi connectivity index (χ4n) is 4.11. The molecular formula is C20H28N4. The molecule has 1 aromatic carbocycles. The van der Waals surface area contributed by atoms with Crippen LogP contribution in [0.1, 0.15) is 41.6 Å². The maximum absolute atomic E-state index is 5.00. The van der Waals surface area contributed by atoms with E-state index < -0.39 is 0 Å². The van der Waals surface area contributed by atoms with Gasteiger partial charge in [-0.25, -0.2) is 4.68 Å². The summed E-state index contributed by atoms with van der Waals surface area (Å²) in [6.07, 6.45) is 6.29. The highest BCUT2D eigenvalue weighted by Crippen LogP contribution is 2.30. The molecule has 4 nitrogen and oxygen atoms in total. The van der Waals surface area contributed by atoms with Gasteiger partial charge in [-0.3, -0.25) is 0 Å². The fourth-order valence-corrected chi connectivity index (χ4v) is 4.11. The Hall–Kier alpha value is -1.81. The molecular weight excluding hydrogens is 296 g/mol. The Labute approximate surface area is 144 Å². The maximum Gasteiger partial charge on any atom is 0.133 e. The Bertz CT molecular complexity index is 725. The van der Waals surface area contributed by atoms with E-state index in [1.54, 1.807) is 0 Å². The van der Waals surface area contributed by atoms with Crippen molar-refractivity contribution in [1.82, 2.24) is 14.7 Å². The lowest BCUT2D eigenvalue weighted by atomic mass is 10.1. The third kappa shape index (κ3) is 2.95. The lowest BCUT2D eigenvalue weighted by Gasteiger charge is -2.26. The van der Waals surface area contributed by atoms with Crippen LogP contribution >= 0.6 is 0 Å². The average Bonchev–Trinajstić information content (AvgIpc) is 3.17. The topological polar surface area (TPSA) is 33.1 Å². The summed E-state index contributed by atoms with van der Waals surface area (Å²) in [6.45, 7) is 9.03. The van der Waals surface area contributed by atoms with Gasteiger partial charge in [0.25, 0.3) is 0 Å². The Morgan fingerprint density at radius 3 is 2.75 bits per heavy atom. The van der Waals surface area contributed by atoms with Crippen molar-refractivity contribution < 1.29 is 0 Å². The molecule has 0 atom stereocenters. The zero-order chi connectivity index (χ0) is 16.5. The number of nitrogens with zero attached hydrogens (tertiary/aromatic N) is 3. The Morgan fingerprint density at radius 1 is 1.12 bits per heavy atom.